The van der Waals surface area contributed by atoms with Gasteiger partial charge in [-0.15, -0.1) is 0 Å². The van der Waals surface area contributed by atoms with Gasteiger partial charge < -0.3 is 15.0 Å². The normalized spacial score (nSPS) is 16.9. The van der Waals surface area contributed by atoms with Gasteiger partial charge in [0.05, 0.1) is 6.10 Å². The van der Waals surface area contributed by atoms with Gasteiger partial charge in [0.1, 0.15) is 0 Å². The molecule has 25 heavy (non-hydrogen) atoms. The lowest BCUT2D eigenvalue weighted by Crippen LogP contribution is -2.22. The number of anilines is 2. The van der Waals surface area contributed by atoms with E-state index in [1.807, 2.05) is 48.5 Å². The summed E-state index contributed by atoms with van der Waals surface area (Å²) in [7, 11) is 1.76. The highest BCUT2D eigenvalue weighted by Crippen LogP contribution is 2.23. The molecule has 1 N–H and O–H groups in total. The topological polar surface area (TPSA) is 41.6 Å². The molecule has 1 aliphatic rings. The van der Waals surface area contributed by atoms with Crippen molar-refractivity contribution >= 4 is 28.9 Å². The number of halogens is 1. The summed E-state index contributed by atoms with van der Waals surface area (Å²) in [4.78, 5) is 14.4. The van der Waals surface area contributed by atoms with Crippen LogP contribution in [-0.4, -0.2) is 32.2 Å². The Morgan fingerprint density at radius 3 is 2.76 bits per heavy atom. The fourth-order valence-electron chi connectivity index (χ4n) is 3.08. The molecule has 2 aromatic carbocycles. The molecule has 132 valence electrons. The fourth-order valence-corrected chi connectivity index (χ4v) is 3.30. The molecule has 0 spiro atoms. The van der Waals surface area contributed by atoms with E-state index >= 15 is 0 Å². The number of carbonyl (C=O) groups is 1. The third-order valence-corrected chi connectivity index (χ3v) is 4.76. The number of rotatable bonds is 6. The number of methoxy groups -OCH3 is 1. The molecule has 0 unspecified atom stereocenters. The molecule has 1 saturated heterocycles. The van der Waals surface area contributed by atoms with E-state index in [2.05, 4.69) is 10.2 Å². The first-order valence-corrected chi connectivity index (χ1v) is 8.94. The maximum absolute atomic E-state index is 12.1. The number of benzene rings is 2. The van der Waals surface area contributed by atoms with Crippen molar-refractivity contribution in [3.63, 3.8) is 0 Å². The maximum atomic E-state index is 12.1. The maximum Gasteiger partial charge on any atom is 0.224 e. The Kier molecular flexibility index (Phi) is 5.95. The smallest absolute Gasteiger partial charge is 0.224 e. The zero-order chi connectivity index (χ0) is 17.6. The second kappa shape index (κ2) is 8.37. The molecule has 1 fully saturated rings. The van der Waals surface area contributed by atoms with Crippen LogP contribution in [0.5, 0.6) is 0 Å². The van der Waals surface area contributed by atoms with Gasteiger partial charge in [-0.05, 0) is 54.8 Å². The molecule has 4 nitrogen and oxygen atoms in total. The van der Waals surface area contributed by atoms with Crippen LogP contribution in [0.15, 0.2) is 48.5 Å². The second-order valence-corrected chi connectivity index (χ2v) is 6.75. The van der Waals surface area contributed by atoms with Gasteiger partial charge >= 0.3 is 0 Å². The van der Waals surface area contributed by atoms with E-state index in [0.29, 0.717) is 24.0 Å². The first-order valence-electron chi connectivity index (χ1n) is 8.56. The predicted molar refractivity (Wildman–Crippen MR) is 102 cm³/mol. The van der Waals surface area contributed by atoms with Crippen LogP contribution in [0, 0.1) is 0 Å². The summed E-state index contributed by atoms with van der Waals surface area (Å²) in [5.74, 6) is 0.00773. The number of nitrogens with zero attached hydrogens (tertiary/aromatic N) is 1. The summed E-state index contributed by atoms with van der Waals surface area (Å²) in [6.45, 7) is 1.92. The van der Waals surface area contributed by atoms with E-state index in [-0.39, 0.29) is 5.91 Å². The van der Waals surface area contributed by atoms with Gasteiger partial charge in [-0.1, -0.05) is 23.7 Å². The van der Waals surface area contributed by atoms with Gasteiger partial charge in [0.15, 0.2) is 0 Å². The quantitative estimate of drug-likeness (QED) is 0.843. The minimum Gasteiger partial charge on any atom is -0.380 e. The van der Waals surface area contributed by atoms with Crippen LogP contribution >= 0.6 is 11.6 Å². The van der Waals surface area contributed by atoms with E-state index in [1.165, 1.54) is 0 Å². The molecular weight excluding hydrogens is 336 g/mol. The van der Waals surface area contributed by atoms with Crippen LogP contribution in [0.2, 0.25) is 5.02 Å². The van der Waals surface area contributed by atoms with Gasteiger partial charge in [0.25, 0.3) is 0 Å². The molecule has 1 heterocycles. The molecule has 5 heteroatoms. The third kappa shape index (κ3) is 4.97. The van der Waals surface area contributed by atoms with Crippen LogP contribution in [-0.2, 0) is 16.0 Å². The van der Waals surface area contributed by atoms with Crippen LogP contribution in [0.4, 0.5) is 11.4 Å². The lowest BCUT2D eigenvalue weighted by molar-refractivity contribution is -0.116. The largest absolute Gasteiger partial charge is 0.380 e. The van der Waals surface area contributed by atoms with Gasteiger partial charge in [0.2, 0.25) is 5.91 Å². The molecule has 0 aromatic heterocycles. The SMILES string of the molecule is CO[C@@H]1CCN(c2ccc(NC(=O)CCc3cccc(Cl)c3)cc2)C1. The molecule has 1 amide bonds. The Morgan fingerprint density at radius 1 is 1.28 bits per heavy atom. The summed E-state index contributed by atoms with van der Waals surface area (Å²) in [5, 5.41) is 3.65. The number of aryl methyl sites for hydroxylation is 1. The predicted octanol–water partition coefficient (Wildman–Crippen LogP) is 4.14. The van der Waals surface area contributed by atoms with Crippen molar-refractivity contribution in [3.8, 4) is 0 Å². The minimum atomic E-state index is 0.00773. The number of nitrogens with one attached hydrogen (secondary N) is 1. The van der Waals surface area contributed by atoms with Crippen molar-refractivity contribution in [2.75, 3.05) is 30.4 Å². The standard InChI is InChI=1S/C20H23ClN2O2/c1-25-19-11-12-23(14-19)18-8-6-17(7-9-18)22-20(24)10-5-15-3-2-4-16(21)13-15/h2-4,6-9,13,19H,5,10-12,14H2,1H3,(H,22,24)/t19-/m1/s1. The van der Waals surface area contributed by atoms with Crippen LogP contribution in [0.25, 0.3) is 0 Å². The van der Waals surface area contributed by atoms with Crippen LogP contribution in [0.3, 0.4) is 0 Å². The van der Waals surface area contributed by atoms with E-state index in [4.69, 9.17) is 16.3 Å². The van der Waals surface area contributed by atoms with Gasteiger partial charge in [-0.3, -0.25) is 4.79 Å². The molecule has 0 radical (unpaired) electrons. The summed E-state index contributed by atoms with van der Waals surface area (Å²) < 4.78 is 5.40. The fraction of sp³-hybridized carbons (Fsp3) is 0.350. The molecule has 3 rings (SSSR count). The van der Waals surface area contributed by atoms with Crippen molar-refractivity contribution in [3.05, 3.63) is 59.1 Å². The number of amides is 1. The van der Waals surface area contributed by atoms with Crippen molar-refractivity contribution in [2.24, 2.45) is 0 Å². The Morgan fingerprint density at radius 2 is 2.08 bits per heavy atom. The second-order valence-electron chi connectivity index (χ2n) is 6.32. The summed E-state index contributed by atoms with van der Waals surface area (Å²) in [6, 6.07) is 15.6. The Hall–Kier alpha value is -2.04. The molecular formula is C20H23ClN2O2. The van der Waals surface area contributed by atoms with Crippen LogP contribution < -0.4 is 10.2 Å². The van der Waals surface area contributed by atoms with Gasteiger partial charge in [0, 0.05) is 43.0 Å². The van der Waals surface area contributed by atoms with Gasteiger partial charge in [-0.25, -0.2) is 0 Å². The highest BCUT2D eigenvalue weighted by Gasteiger charge is 2.22. The highest BCUT2D eigenvalue weighted by atomic mass is 35.5. The average molecular weight is 359 g/mol. The summed E-state index contributed by atoms with van der Waals surface area (Å²) in [5.41, 5.74) is 3.05. The van der Waals surface area contributed by atoms with Crippen molar-refractivity contribution in [1.82, 2.24) is 0 Å². The zero-order valence-electron chi connectivity index (χ0n) is 14.4. The number of hydrogen-bond donors (Lipinski definition) is 1. The molecule has 1 aliphatic heterocycles. The highest BCUT2D eigenvalue weighted by molar-refractivity contribution is 6.30. The van der Waals surface area contributed by atoms with E-state index in [9.17, 15) is 4.79 Å². The Balaban J connectivity index is 1.50. The molecule has 0 bridgehead atoms. The zero-order valence-corrected chi connectivity index (χ0v) is 15.1. The van der Waals surface area contributed by atoms with Crippen molar-refractivity contribution in [2.45, 2.75) is 25.4 Å². The monoisotopic (exact) mass is 358 g/mol. The molecule has 0 saturated carbocycles. The van der Waals surface area contributed by atoms with Crippen molar-refractivity contribution in [1.29, 1.82) is 0 Å². The number of carbonyl (C=O) groups excluding carboxylic acids is 1. The Bertz CT molecular complexity index is 718. The average Bonchev–Trinajstić information content (AvgIpc) is 3.10. The van der Waals surface area contributed by atoms with Crippen molar-refractivity contribution < 1.29 is 9.53 Å². The summed E-state index contributed by atoms with van der Waals surface area (Å²) >= 11 is 5.96. The lowest BCUT2D eigenvalue weighted by Gasteiger charge is -2.18. The number of ether oxygens (including phenoxy) is 1. The summed E-state index contributed by atoms with van der Waals surface area (Å²) in [6.07, 6.45) is 2.48. The van der Waals surface area contributed by atoms with E-state index < -0.39 is 0 Å². The first-order chi connectivity index (χ1) is 12.1. The molecule has 1 atom stereocenters. The first kappa shape index (κ1) is 17.8. The molecule has 0 aliphatic carbocycles. The van der Waals surface area contributed by atoms with E-state index in [1.54, 1.807) is 7.11 Å². The molecule has 2 aromatic rings. The minimum absolute atomic E-state index is 0.00773. The third-order valence-electron chi connectivity index (χ3n) is 4.52. The Labute approximate surface area is 153 Å². The van der Waals surface area contributed by atoms with Gasteiger partial charge in [-0.2, -0.15) is 0 Å². The van der Waals surface area contributed by atoms with Crippen LogP contribution in [0.1, 0.15) is 18.4 Å². The number of hydrogen-bond acceptors (Lipinski definition) is 3. The lowest BCUT2D eigenvalue weighted by atomic mass is 10.1. The van der Waals surface area contributed by atoms with E-state index in [0.717, 1.165) is 36.4 Å².